The van der Waals surface area contributed by atoms with E-state index in [2.05, 4.69) is 10.00 Å². The van der Waals surface area contributed by atoms with Crippen LogP contribution in [0.3, 0.4) is 0 Å². The minimum absolute atomic E-state index is 0.00979. The Labute approximate surface area is 138 Å². The Hall–Kier alpha value is -1.61. The summed E-state index contributed by atoms with van der Waals surface area (Å²) >= 11 is 0. The van der Waals surface area contributed by atoms with E-state index in [1.165, 1.54) is 6.20 Å². The van der Waals surface area contributed by atoms with Gasteiger partial charge in [-0.25, -0.2) is 0 Å². The average Bonchev–Trinajstić information content (AvgIpc) is 2.84. The van der Waals surface area contributed by atoms with E-state index in [-0.39, 0.29) is 23.6 Å². The van der Waals surface area contributed by atoms with Crippen molar-refractivity contribution in [2.24, 2.45) is 0 Å². The lowest BCUT2D eigenvalue weighted by Crippen LogP contribution is -2.60. The highest BCUT2D eigenvalue weighted by Crippen LogP contribution is 2.25. The molecule has 0 unspecified atom stereocenters. The van der Waals surface area contributed by atoms with Crippen molar-refractivity contribution in [3.63, 3.8) is 0 Å². The molecule has 0 spiro atoms. The predicted molar refractivity (Wildman–Crippen MR) is 79.7 cm³/mol. The molecule has 6 nitrogen and oxygen atoms in total. The molecule has 2 fully saturated rings. The summed E-state index contributed by atoms with van der Waals surface area (Å²) < 4.78 is 44.1. The number of rotatable bonds is 2. The molecule has 0 N–H and O–H groups in total. The lowest BCUT2D eigenvalue weighted by atomic mass is 9.98. The van der Waals surface area contributed by atoms with E-state index in [0.717, 1.165) is 17.6 Å². The number of fused-ring (bicyclic) bond motifs is 1. The first-order valence-electron chi connectivity index (χ1n) is 7.96. The quantitative estimate of drug-likeness (QED) is 0.810. The van der Waals surface area contributed by atoms with Gasteiger partial charge in [0.1, 0.15) is 6.54 Å². The smallest absolute Gasteiger partial charge is 0.374 e. The summed E-state index contributed by atoms with van der Waals surface area (Å²) in [6.07, 6.45) is -2.33. The summed E-state index contributed by atoms with van der Waals surface area (Å²) in [5.74, 6) is -0.269. The Morgan fingerprint density at radius 2 is 2.17 bits per heavy atom. The minimum Gasteiger partial charge on any atom is -0.374 e. The van der Waals surface area contributed by atoms with Crippen molar-refractivity contribution in [1.82, 2.24) is 19.6 Å². The van der Waals surface area contributed by atoms with E-state index in [1.807, 2.05) is 7.05 Å². The van der Waals surface area contributed by atoms with Gasteiger partial charge in [0.2, 0.25) is 0 Å². The largest absolute Gasteiger partial charge is 0.408 e. The first kappa shape index (κ1) is 17.2. The number of hydrogen-bond acceptors (Lipinski definition) is 4. The summed E-state index contributed by atoms with van der Waals surface area (Å²) in [4.78, 5) is 16.7. The monoisotopic (exact) mass is 346 g/mol. The van der Waals surface area contributed by atoms with Crippen LogP contribution in [0.2, 0.25) is 0 Å². The number of halogens is 3. The molecule has 0 aromatic carbocycles. The van der Waals surface area contributed by atoms with Crippen LogP contribution in [0.15, 0.2) is 6.20 Å². The fraction of sp³-hybridized carbons (Fsp3) is 0.733. The second kappa shape index (κ2) is 6.36. The van der Waals surface area contributed by atoms with Crippen LogP contribution in [-0.4, -0.2) is 77.1 Å². The van der Waals surface area contributed by atoms with Gasteiger partial charge < -0.3 is 14.5 Å². The summed E-state index contributed by atoms with van der Waals surface area (Å²) in [5.41, 5.74) is 0.546. The molecule has 134 valence electrons. The molecule has 1 aromatic rings. The Balaban J connectivity index is 1.80. The normalized spacial score (nSPS) is 25.6. The first-order chi connectivity index (χ1) is 11.2. The Morgan fingerprint density at radius 1 is 1.42 bits per heavy atom. The molecule has 0 saturated carbocycles. The van der Waals surface area contributed by atoms with Gasteiger partial charge in [-0.3, -0.25) is 9.48 Å². The SMILES string of the molecule is Cc1nn(CC(F)(F)F)cc1C(=O)N1CCO[C@H]2CCN(C)C[C@@H]21. The zero-order valence-electron chi connectivity index (χ0n) is 13.7. The third-order valence-electron chi connectivity index (χ3n) is 4.57. The van der Waals surface area contributed by atoms with Crippen LogP contribution < -0.4 is 0 Å². The molecule has 0 bridgehead atoms. The van der Waals surface area contributed by atoms with E-state index in [1.54, 1.807) is 11.8 Å². The van der Waals surface area contributed by atoms with Gasteiger partial charge in [-0.15, -0.1) is 0 Å². The predicted octanol–water partition coefficient (Wildman–Crippen LogP) is 1.30. The zero-order valence-corrected chi connectivity index (χ0v) is 13.7. The van der Waals surface area contributed by atoms with Crippen LogP contribution in [-0.2, 0) is 11.3 Å². The van der Waals surface area contributed by atoms with Crippen LogP contribution in [0.4, 0.5) is 13.2 Å². The number of carbonyl (C=O) groups is 1. The van der Waals surface area contributed by atoms with Gasteiger partial charge in [-0.05, 0) is 20.4 Å². The Bertz CT molecular complexity index is 616. The highest BCUT2D eigenvalue weighted by atomic mass is 19.4. The molecule has 0 aliphatic carbocycles. The molecule has 2 aliphatic rings. The lowest BCUT2D eigenvalue weighted by molar-refractivity contribution is -0.142. The van der Waals surface area contributed by atoms with E-state index < -0.39 is 12.7 Å². The van der Waals surface area contributed by atoms with Gasteiger partial charge in [0.05, 0.1) is 30.0 Å². The maximum Gasteiger partial charge on any atom is 0.408 e. The number of amides is 1. The third-order valence-corrected chi connectivity index (χ3v) is 4.57. The van der Waals surface area contributed by atoms with Crippen molar-refractivity contribution in [3.05, 3.63) is 17.5 Å². The van der Waals surface area contributed by atoms with Gasteiger partial charge in [0, 0.05) is 25.8 Å². The fourth-order valence-electron chi connectivity index (χ4n) is 3.43. The van der Waals surface area contributed by atoms with Crippen molar-refractivity contribution >= 4 is 5.91 Å². The average molecular weight is 346 g/mol. The molecule has 9 heteroatoms. The lowest BCUT2D eigenvalue weighted by Gasteiger charge is -2.46. The first-order valence-corrected chi connectivity index (χ1v) is 7.96. The van der Waals surface area contributed by atoms with Crippen LogP contribution in [0.25, 0.3) is 0 Å². The molecule has 1 aromatic heterocycles. The van der Waals surface area contributed by atoms with Gasteiger partial charge in [0.25, 0.3) is 5.91 Å². The standard InChI is InChI=1S/C15H21F3N4O2/c1-10-11(7-21(19-10)9-15(16,17)18)14(23)22-5-6-24-13-3-4-20(2)8-12(13)22/h7,12-13H,3-6,8-9H2,1-2H3/t12-,13-/m0/s1. The van der Waals surface area contributed by atoms with Gasteiger partial charge in [0.15, 0.2) is 0 Å². The van der Waals surface area contributed by atoms with Gasteiger partial charge in [-0.2, -0.15) is 18.3 Å². The van der Waals surface area contributed by atoms with E-state index in [4.69, 9.17) is 4.74 Å². The molecular formula is C15H21F3N4O2. The van der Waals surface area contributed by atoms with Crippen LogP contribution in [0, 0.1) is 6.92 Å². The molecule has 1 amide bonds. The second-order valence-electron chi connectivity index (χ2n) is 6.47. The summed E-state index contributed by atoms with van der Waals surface area (Å²) in [6, 6.07) is -0.0737. The fourth-order valence-corrected chi connectivity index (χ4v) is 3.43. The number of morpholine rings is 1. The summed E-state index contributed by atoms with van der Waals surface area (Å²) in [6.45, 7) is 2.87. The molecule has 3 rings (SSSR count). The van der Waals surface area contributed by atoms with Crippen molar-refractivity contribution in [2.45, 2.75) is 38.2 Å². The second-order valence-corrected chi connectivity index (χ2v) is 6.47. The number of likely N-dealkylation sites (tertiary alicyclic amines) is 1. The molecule has 2 saturated heterocycles. The number of likely N-dealkylation sites (N-methyl/N-ethyl adjacent to an activating group) is 1. The molecular weight excluding hydrogens is 325 g/mol. The van der Waals surface area contributed by atoms with Crippen molar-refractivity contribution in [2.75, 3.05) is 33.3 Å². The minimum atomic E-state index is -4.37. The van der Waals surface area contributed by atoms with Crippen molar-refractivity contribution < 1.29 is 22.7 Å². The molecule has 2 atom stereocenters. The number of hydrogen-bond donors (Lipinski definition) is 0. The Morgan fingerprint density at radius 3 is 2.88 bits per heavy atom. The van der Waals surface area contributed by atoms with E-state index in [9.17, 15) is 18.0 Å². The zero-order chi connectivity index (χ0) is 17.5. The van der Waals surface area contributed by atoms with Crippen LogP contribution >= 0.6 is 0 Å². The number of aromatic nitrogens is 2. The summed E-state index contributed by atoms with van der Waals surface area (Å²) in [7, 11) is 1.99. The van der Waals surface area contributed by atoms with Crippen LogP contribution in [0.1, 0.15) is 22.5 Å². The maximum absolute atomic E-state index is 12.9. The molecule has 2 aliphatic heterocycles. The topological polar surface area (TPSA) is 50.6 Å². The van der Waals surface area contributed by atoms with Gasteiger partial charge >= 0.3 is 6.18 Å². The van der Waals surface area contributed by atoms with E-state index >= 15 is 0 Å². The van der Waals surface area contributed by atoms with Crippen molar-refractivity contribution in [1.29, 1.82) is 0 Å². The highest BCUT2D eigenvalue weighted by Gasteiger charge is 2.39. The molecule has 3 heterocycles. The third kappa shape index (κ3) is 3.56. The number of nitrogens with zero attached hydrogens (tertiary/aromatic N) is 4. The van der Waals surface area contributed by atoms with Gasteiger partial charge in [-0.1, -0.05) is 0 Å². The van der Waals surface area contributed by atoms with Crippen molar-refractivity contribution in [3.8, 4) is 0 Å². The number of ether oxygens (including phenoxy) is 1. The maximum atomic E-state index is 12.9. The molecule has 24 heavy (non-hydrogen) atoms. The molecule has 0 radical (unpaired) electrons. The number of piperidine rings is 1. The number of alkyl halides is 3. The number of carbonyl (C=O) groups excluding carboxylic acids is 1. The van der Waals surface area contributed by atoms with E-state index in [0.29, 0.717) is 25.4 Å². The number of aryl methyl sites for hydroxylation is 1. The summed E-state index contributed by atoms with van der Waals surface area (Å²) in [5, 5.41) is 3.84. The van der Waals surface area contributed by atoms with Crippen LogP contribution in [0.5, 0.6) is 0 Å². The Kier molecular flexibility index (Phi) is 4.56. The highest BCUT2D eigenvalue weighted by molar-refractivity contribution is 5.95.